The summed E-state index contributed by atoms with van der Waals surface area (Å²) in [6, 6.07) is 12.7. The first kappa shape index (κ1) is 31.7. The maximum absolute atomic E-state index is 14.4. The molecule has 2 N–H and O–H groups in total. The van der Waals surface area contributed by atoms with E-state index in [0.29, 0.717) is 23.4 Å². The summed E-state index contributed by atoms with van der Waals surface area (Å²) < 4.78 is 10.7. The third-order valence-corrected chi connectivity index (χ3v) is 6.58. The molecule has 0 spiro atoms. The predicted octanol–water partition coefficient (Wildman–Crippen LogP) is 6.25. The molecule has 0 bridgehead atoms. The minimum absolute atomic E-state index is 0.261. The number of hydrogen-bond acceptors (Lipinski definition) is 5. The molecule has 2 aromatic carbocycles. The van der Waals surface area contributed by atoms with Gasteiger partial charge in [0.1, 0.15) is 23.4 Å². The molecule has 2 aromatic rings. The van der Waals surface area contributed by atoms with Crippen molar-refractivity contribution in [2.24, 2.45) is 5.92 Å². The third-order valence-electron chi connectivity index (χ3n) is 6.58. The number of anilines is 1. The van der Waals surface area contributed by atoms with Gasteiger partial charge in [0.25, 0.3) is 5.91 Å². The van der Waals surface area contributed by atoms with Gasteiger partial charge in [0.2, 0.25) is 5.91 Å². The van der Waals surface area contributed by atoms with Gasteiger partial charge in [0.15, 0.2) is 0 Å². The second-order valence-corrected chi connectivity index (χ2v) is 11.8. The number of alkyl carbamates (subject to hydrolysis) is 1. The van der Waals surface area contributed by atoms with E-state index >= 15 is 0 Å². The number of hydrogen-bond donors (Lipinski definition) is 2. The third kappa shape index (κ3) is 8.73. The highest BCUT2D eigenvalue weighted by molar-refractivity contribution is 5.99. The van der Waals surface area contributed by atoms with Gasteiger partial charge >= 0.3 is 6.09 Å². The van der Waals surface area contributed by atoms with Crippen LogP contribution in [0, 0.1) is 12.8 Å². The van der Waals surface area contributed by atoms with E-state index in [1.54, 1.807) is 57.0 Å². The molecule has 0 saturated carbocycles. The summed E-state index contributed by atoms with van der Waals surface area (Å²) in [5.74, 6) is -0.317. The molecule has 0 aliphatic carbocycles. The number of nitrogens with one attached hydrogen (secondary N) is 2. The van der Waals surface area contributed by atoms with Gasteiger partial charge in [-0.25, -0.2) is 4.79 Å². The summed E-state index contributed by atoms with van der Waals surface area (Å²) in [5, 5.41) is 5.75. The Hall–Kier alpha value is -3.55. The minimum atomic E-state index is -0.962. The van der Waals surface area contributed by atoms with Crippen LogP contribution in [0.3, 0.4) is 0 Å². The van der Waals surface area contributed by atoms with Crippen molar-refractivity contribution in [2.75, 3.05) is 12.4 Å². The van der Waals surface area contributed by atoms with Crippen molar-refractivity contribution in [1.82, 2.24) is 10.2 Å². The molecule has 0 heterocycles. The highest BCUT2D eigenvalue weighted by atomic mass is 16.6. The van der Waals surface area contributed by atoms with Crippen molar-refractivity contribution in [1.29, 1.82) is 0 Å². The van der Waals surface area contributed by atoms with Crippen LogP contribution in [0.15, 0.2) is 48.5 Å². The lowest BCUT2D eigenvalue weighted by Gasteiger charge is -2.45. The topological polar surface area (TPSA) is 97.0 Å². The molecule has 0 saturated heterocycles. The van der Waals surface area contributed by atoms with E-state index in [-0.39, 0.29) is 17.7 Å². The summed E-state index contributed by atoms with van der Waals surface area (Å²) in [6.45, 7) is 16.8. The summed E-state index contributed by atoms with van der Waals surface area (Å²) in [5.41, 5.74) is 0.761. The van der Waals surface area contributed by atoms with E-state index in [1.807, 2.05) is 65.8 Å². The van der Waals surface area contributed by atoms with Crippen LogP contribution in [-0.2, 0) is 14.3 Å². The molecule has 2 unspecified atom stereocenters. The first-order valence-corrected chi connectivity index (χ1v) is 13.4. The van der Waals surface area contributed by atoms with Gasteiger partial charge in [-0.2, -0.15) is 0 Å². The average molecular weight is 540 g/mol. The van der Waals surface area contributed by atoms with Crippen LogP contribution in [-0.4, -0.2) is 47.1 Å². The van der Waals surface area contributed by atoms with E-state index < -0.39 is 29.3 Å². The number of carbonyl (C=O) groups excluding carboxylic acids is 3. The van der Waals surface area contributed by atoms with E-state index in [2.05, 4.69) is 10.6 Å². The zero-order valence-electron chi connectivity index (χ0n) is 25.0. The highest BCUT2D eigenvalue weighted by Gasteiger charge is 2.44. The fourth-order valence-electron chi connectivity index (χ4n) is 4.19. The molecule has 8 nitrogen and oxygen atoms in total. The van der Waals surface area contributed by atoms with Gasteiger partial charge in [0, 0.05) is 11.2 Å². The summed E-state index contributed by atoms with van der Waals surface area (Å²) >= 11 is 0. The van der Waals surface area contributed by atoms with Crippen molar-refractivity contribution >= 4 is 23.6 Å². The van der Waals surface area contributed by atoms with E-state index in [9.17, 15) is 14.4 Å². The Morgan fingerprint density at radius 1 is 0.974 bits per heavy atom. The second kappa shape index (κ2) is 13.0. The lowest BCUT2D eigenvalue weighted by atomic mass is 9.90. The number of aryl methyl sites for hydroxylation is 1. The lowest BCUT2D eigenvalue weighted by molar-refractivity contribution is -0.148. The fraction of sp³-hybridized carbons (Fsp3) is 0.516. The maximum Gasteiger partial charge on any atom is 0.408 e. The van der Waals surface area contributed by atoms with Crippen LogP contribution < -0.4 is 15.4 Å². The van der Waals surface area contributed by atoms with Crippen molar-refractivity contribution in [3.8, 4) is 5.75 Å². The molecule has 8 heteroatoms. The van der Waals surface area contributed by atoms with Gasteiger partial charge in [-0.1, -0.05) is 50.6 Å². The van der Waals surface area contributed by atoms with E-state index in [0.717, 1.165) is 5.56 Å². The molecule has 39 heavy (non-hydrogen) atoms. The molecule has 2 rings (SSSR count). The average Bonchev–Trinajstić information content (AvgIpc) is 2.84. The SMILES string of the molecule is CCC(C)(C)N(C(=O)C(NC(=O)OC(C)(C)C)C(C)C)C(C(=O)Nc1ccc(OC)cc1)c1cccc(C)c1. The Kier molecular flexibility index (Phi) is 10.6. The Morgan fingerprint density at radius 2 is 1.59 bits per heavy atom. The van der Waals surface area contributed by atoms with E-state index in [1.165, 1.54) is 0 Å². The van der Waals surface area contributed by atoms with Gasteiger partial charge in [-0.15, -0.1) is 0 Å². The number of amides is 3. The van der Waals surface area contributed by atoms with Gasteiger partial charge in [0.05, 0.1) is 7.11 Å². The molecule has 0 aromatic heterocycles. The van der Waals surface area contributed by atoms with Crippen molar-refractivity contribution in [3.05, 3.63) is 59.7 Å². The number of methoxy groups -OCH3 is 1. The van der Waals surface area contributed by atoms with Crippen LogP contribution >= 0.6 is 0 Å². The van der Waals surface area contributed by atoms with Gasteiger partial charge < -0.3 is 25.0 Å². The molecule has 0 radical (unpaired) electrons. The van der Waals surface area contributed by atoms with Crippen molar-refractivity contribution in [2.45, 2.75) is 92.0 Å². The van der Waals surface area contributed by atoms with E-state index in [4.69, 9.17) is 9.47 Å². The summed E-state index contributed by atoms with van der Waals surface area (Å²) in [6.07, 6.45) is -0.104. The van der Waals surface area contributed by atoms with Crippen LogP contribution in [0.25, 0.3) is 0 Å². The quantitative estimate of drug-likeness (QED) is 0.372. The number of nitrogens with zero attached hydrogens (tertiary/aromatic N) is 1. The summed E-state index contributed by atoms with van der Waals surface area (Å²) in [4.78, 5) is 42.8. The molecule has 0 aliphatic heterocycles. The summed E-state index contributed by atoms with van der Waals surface area (Å²) in [7, 11) is 1.58. The van der Waals surface area contributed by atoms with Crippen LogP contribution in [0.2, 0.25) is 0 Å². The smallest absolute Gasteiger partial charge is 0.408 e. The Morgan fingerprint density at radius 3 is 2.08 bits per heavy atom. The molecule has 3 amide bonds. The first-order chi connectivity index (χ1) is 18.1. The first-order valence-electron chi connectivity index (χ1n) is 13.4. The zero-order valence-corrected chi connectivity index (χ0v) is 25.0. The number of ether oxygens (including phenoxy) is 2. The zero-order chi connectivity index (χ0) is 29.5. The Bertz CT molecular complexity index is 1140. The van der Waals surface area contributed by atoms with Crippen molar-refractivity contribution in [3.63, 3.8) is 0 Å². The molecule has 2 atom stereocenters. The Labute approximate surface area is 233 Å². The fourth-order valence-corrected chi connectivity index (χ4v) is 4.19. The standard InChI is InChI=1S/C31H45N3O5/c1-11-31(8,9)34(28(36)25(20(2)3)33-29(37)39-30(5,6)7)26(22-14-12-13-21(4)19-22)27(35)32-23-15-17-24(38-10)18-16-23/h12-20,25-26H,11H2,1-10H3,(H,32,35)(H,33,37). The lowest BCUT2D eigenvalue weighted by Crippen LogP contribution is -2.60. The van der Waals surface area contributed by atoms with Crippen LogP contribution in [0.1, 0.15) is 79.0 Å². The van der Waals surface area contributed by atoms with Gasteiger partial charge in [-0.3, -0.25) is 9.59 Å². The van der Waals surface area contributed by atoms with Gasteiger partial charge in [-0.05, 0) is 83.7 Å². The Balaban J connectivity index is 2.61. The normalized spacial score (nSPS) is 13.3. The molecular weight excluding hydrogens is 494 g/mol. The second-order valence-electron chi connectivity index (χ2n) is 11.8. The van der Waals surface area contributed by atoms with Crippen LogP contribution in [0.4, 0.5) is 10.5 Å². The predicted molar refractivity (Wildman–Crippen MR) is 155 cm³/mol. The maximum atomic E-state index is 14.4. The molecular formula is C31H45N3O5. The highest BCUT2D eigenvalue weighted by Crippen LogP contribution is 2.34. The van der Waals surface area contributed by atoms with Crippen molar-refractivity contribution < 1.29 is 23.9 Å². The minimum Gasteiger partial charge on any atom is -0.497 e. The molecule has 214 valence electrons. The number of benzene rings is 2. The molecule has 0 aliphatic rings. The largest absolute Gasteiger partial charge is 0.497 e. The van der Waals surface area contributed by atoms with Crippen LogP contribution in [0.5, 0.6) is 5.75 Å². The number of rotatable bonds is 10. The monoisotopic (exact) mass is 539 g/mol. The molecule has 0 fully saturated rings. The number of carbonyl (C=O) groups is 3.